The molecular formula is C22H17NO7. The minimum atomic E-state index is -0.767. The highest BCUT2D eigenvalue weighted by Crippen LogP contribution is 2.15. The van der Waals surface area contributed by atoms with Crippen LogP contribution in [0.5, 0.6) is 5.75 Å². The predicted molar refractivity (Wildman–Crippen MR) is 104 cm³/mol. The van der Waals surface area contributed by atoms with Crippen molar-refractivity contribution in [1.82, 2.24) is 5.32 Å². The highest BCUT2D eigenvalue weighted by atomic mass is 16.5. The molecule has 1 heterocycles. The number of amides is 1. The lowest BCUT2D eigenvalue weighted by molar-refractivity contribution is -0.141. The number of benzene rings is 2. The zero-order chi connectivity index (χ0) is 21.3. The number of carbonyl (C=O) groups excluding carboxylic acids is 4. The van der Waals surface area contributed by atoms with E-state index in [0.717, 1.165) is 0 Å². The van der Waals surface area contributed by atoms with E-state index in [4.69, 9.17) is 13.9 Å². The molecule has 0 radical (unpaired) electrons. The van der Waals surface area contributed by atoms with Crippen molar-refractivity contribution < 1.29 is 33.1 Å². The molecule has 3 aromatic rings. The van der Waals surface area contributed by atoms with Crippen molar-refractivity contribution in [1.29, 1.82) is 0 Å². The molecule has 8 nitrogen and oxygen atoms in total. The number of esters is 2. The third-order valence-electron chi connectivity index (χ3n) is 3.90. The Bertz CT molecular complexity index is 1030. The molecule has 8 heteroatoms. The van der Waals surface area contributed by atoms with Gasteiger partial charge in [0.15, 0.2) is 18.2 Å². The van der Waals surface area contributed by atoms with Gasteiger partial charge in [0.1, 0.15) is 12.3 Å². The van der Waals surface area contributed by atoms with Gasteiger partial charge in [-0.1, -0.05) is 18.2 Å². The molecule has 1 amide bonds. The lowest BCUT2D eigenvalue weighted by Crippen LogP contribution is -2.31. The molecule has 3 rings (SSSR count). The summed E-state index contributed by atoms with van der Waals surface area (Å²) in [6, 6.07) is 17.4. The monoisotopic (exact) mass is 407 g/mol. The molecule has 0 spiro atoms. The van der Waals surface area contributed by atoms with Gasteiger partial charge in [-0.25, -0.2) is 4.79 Å². The quantitative estimate of drug-likeness (QED) is 0.347. The Morgan fingerprint density at radius 1 is 0.833 bits per heavy atom. The number of ether oxygens (including phenoxy) is 2. The Labute approximate surface area is 171 Å². The minimum absolute atomic E-state index is 0.0620. The van der Waals surface area contributed by atoms with E-state index in [9.17, 15) is 19.2 Å². The molecule has 0 fully saturated rings. The van der Waals surface area contributed by atoms with E-state index >= 15 is 0 Å². The van der Waals surface area contributed by atoms with E-state index in [1.165, 1.54) is 36.6 Å². The highest BCUT2D eigenvalue weighted by molar-refractivity contribution is 5.98. The highest BCUT2D eigenvalue weighted by Gasteiger charge is 2.14. The van der Waals surface area contributed by atoms with Gasteiger partial charge in [0.05, 0.1) is 11.8 Å². The maximum atomic E-state index is 12.1. The lowest BCUT2D eigenvalue weighted by atomic mass is 10.1. The average molecular weight is 407 g/mol. The van der Waals surface area contributed by atoms with E-state index in [0.29, 0.717) is 5.56 Å². The van der Waals surface area contributed by atoms with E-state index in [-0.39, 0.29) is 17.1 Å². The molecule has 0 bridgehead atoms. The molecule has 0 aliphatic rings. The van der Waals surface area contributed by atoms with Crippen LogP contribution in [0.4, 0.5) is 0 Å². The van der Waals surface area contributed by atoms with Gasteiger partial charge < -0.3 is 19.2 Å². The molecule has 0 saturated heterocycles. The van der Waals surface area contributed by atoms with Crippen LogP contribution in [0.2, 0.25) is 0 Å². The standard InChI is InChI=1S/C22H17NO7/c24-18(14-29-20(25)13-23-21(26)19-7-4-12-28-19)15-8-10-17(11-9-15)30-22(27)16-5-2-1-3-6-16/h1-12H,13-14H2,(H,23,26). The van der Waals surface area contributed by atoms with Crippen molar-refractivity contribution in [2.24, 2.45) is 0 Å². The van der Waals surface area contributed by atoms with Gasteiger partial charge >= 0.3 is 11.9 Å². The molecule has 1 aromatic heterocycles. The molecule has 0 atom stereocenters. The van der Waals surface area contributed by atoms with Gasteiger partial charge in [-0.15, -0.1) is 0 Å². The Morgan fingerprint density at radius 3 is 2.23 bits per heavy atom. The van der Waals surface area contributed by atoms with E-state index in [1.807, 2.05) is 0 Å². The molecular weight excluding hydrogens is 390 g/mol. The zero-order valence-corrected chi connectivity index (χ0v) is 15.7. The minimum Gasteiger partial charge on any atom is -0.459 e. The second-order valence-corrected chi connectivity index (χ2v) is 6.02. The van der Waals surface area contributed by atoms with Gasteiger partial charge in [0, 0.05) is 5.56 Å². The number of hydrogen-bond acceptors (Lipinski definition) is 7. The van der Waals surface area contributed by atoms with Crippen LogP contribution in [0.3, 0.4) is 0 Å². The lowest BCUT2D eigenvalue weighted by Gasteiger charge is -2.07. The average Bonchev–Trinajstić information content (AvgIpc) is 3.32. The molecule has 152 valence electrons. The first kappa shape index (κ1) is 20.5. The predicted octanol–water partition coefficient (Wildman–Crippen LogP) is 2.65. The summed E-state index contributed by atoms with van der Waals surface area (Å²) >= 11 is 0. The number of furan rings is 1. The van der Waals surface area contributed by atoms with E-state index < -0.39 is 36.8 Å². The normalized spacial score (nSPS) is 10.1. The Balaban J connectivity index is 1.44. The maximum absolute atomic E-state index is 12.1. The summed E-state index contributed by atoms with van der Waals surface area (Å²) in [4.78, 5) is 47.5. The topological polar surface area (TPSA) is 112 Å². The van der Waals surface area contributed by atoms with Gasteiger partial charge in [0.25, 0.3) is 5.91 Å². The Morgan fingerprint density at radius 2 is 1.57 bits per heavy atom. The van der Waals surface area contributed by atoms with Crippen LogP contribution in [0.1, 0.15) is 31.3 Å². The Hall–Kier alpha value is -4.20. The Kier molecular flexibility index (Phi) is 6.73. The molecule has 0 unspecified atom stereocenters. The second kappa shape index (κ2) is 9.83. The van der Waals surface area contributed by atoms with Crippen molar-refractivity contribution >= 4 is 23.6 Å². The summed E-state index contributed by atoms with van der Waals surface area (Å²) < 4.78 is 15.0. The van der Waals surface area contributed by atoms with Crippen molar-refractivity contribution in [3.8, 4) is 5.75 Å². The number of nitrogens with one attached hydrogen (secondary N) is 1. The fraction of sp³-hybridized carbons (Fsp3) is 0.0909. The van der Waals surface area contributed by atoms with Crippen molar-refractivity contribution in [3.05, 3.63) is 89.9 Å². The molecule has 0 aliphatic heterocycles. The number of hydrogen-bond donors (Lipinski definition) is 1. The van der Waals surface area contributed by atoms with Crippen LogP contribution < -0.4 is 10.1 Å². The molecule has 2 aromatic carbocycles. The fourth-order valence-corrected chi connectivity index (χ4v) is 2.38. The zero-order valence-electron chi connectivity index (χ0n) is 15.7. The third kappa shape index (κ3) is 5.65. The van der Waals surface area contributed by atoms with Gasteiger partial charge in [-0.2, -0.15) is 0 Å². The summed E-state index contributed by atoms with van der Waals surface area (Å²) in [7, 11) is 0. The van der Waals surface area contributed by atoms with E-state index in [2.05, 4.69) is 5.32 Å². The SMILES string of the molecule is O=C(CNC(=O)c1ccco1)OCC(=O)c1ccc(OC(=O)c2ccccc2)cc1. The van der Waals surface area contributed by atoms with Crippen LogP contribution in [-0.4, -0.2) is 36.8 Å². The van der Waals surface area contributed by atoms with Crippen LogP contribution in [0.25, 0.3) is 0 Å². The summed E-state index contributed by atoms with van der Waals surface area (Å²) in [6.07, 6.45) is 1.33. The summed E-state index contributed by atoms with van der Waals surface area (Å²) in [5.41, 5.74) is 0.686. The van der Waals surface area contributed by atoms with Crippen LogP contribution in [-0.2, 0) is 9.53 Å². The molecule has 0 saturated carbocycles. The first-order chi connectivity index (χ1) is 14.5. The summed E-state index contributed by atoms with van der Waals surface area (Å²) in [5.74, 6) is -1.95. The van der Waals surface area contributed by atoms with Gasteiger partial charge in [-0.3, -0.25) is 14.4 Å². The fourth-order valence-electron chi connectivity index (χ4n) is 2.38. The first-order valence-electron chi connectivity index (χ1n) is 8.91. The summed E-state index contributed by atoms with van der Waals surface area (Å²) in [5, 5.41) is 2.32. The van der Waals surface area contributed by atoms with Crippen molar-refractivity contribution in [2.75, 3.05) is 13.2 Å². The first-order valence-corrected chi connectivity index (χ1v) is 8.91. The third-order valence-corrected chi connectivity index (χ3v) is 3.90. The van der Waals surface area contributed by atoms with E-state index in [1.54, 1.807) is 36.4 Å². The van der Waals surface area contributed by atoms with Crippen molar-refractivity contribution in [2.45, 2.75) is 0 Å². The molecule has 0 aliphatic carbocycles. The second-order valence-electron chi connectivity index (χ2n) is 6.02. The molecule has 30 heavy (non-hydrogen) atoms. The van der Waals surface area contributed by atoms with Gasteiger partial charge in [-0.05, 0) is 48.5 Å². The summed E-state index contributed by atoms with van der Waals surface area (Å²) in [6.45, 7) is -0.889. The van der Waals surface area contributed by atoms with Crippen LogP contribution in [0.15, 0.2) is 77.4 Å². The van der Waals surface area contributed by atoms with Crippen LogP contribution >= 0.6 is 0 Å². The maximum Gasteiger partial charge on any atom is 0.343 e. The number of carbonyl (C=O) groups is 4. The van der Waals surface area contributed by atoms with Crippen LogP contribution in [0, 0.1) is 0 Å². The largest absolute Gasteiger partial charge is 0.459 e. The number of ketones is 1. The van der Waals surface area contributed by atoms with Crippen molar-refractivity contribution in [3.63, 3.8) is 0 Å². The number of rotatable bonds is 8. The molecule has 1 N–H and O–H groups in total. The smallest absolute Gasteiger partial charge is 0.343 e. The number of Topliss-reactive ketones (excluding diaryl/α,β-unsaturated/α-hetero) is 1. The van der Waals surface area contributed by atoms with Gasteiger partial charge in [0.2, 0.25) is 0 Å².